The first-order valence-corrected chi connectivity index (χ1v) is 7.55. The number of anilines is 1. The molecule has 0 aromatic heterocycles. The zero-order valence-corrected chi connectivity index (χ0v) is 12.3. The molecule has 5 nitrogen and oxygen atoms in total. The van der Waals surface area contributed by atoms with Crippen LogP contribution >= 0.6 is 0 Å². The molecule has 2 heterocycles. The molecule has 1 fully saturated rings. The van der Waals surface area contributed by atoms with Crippen molar-refractivity contribution in [2.75, 3.05) is 18.5 Å². The predicted octanol–water partition coefficient (Wildman–Crippen LogP) is 1.07. The summed E-state index contributed by atoms with van der Waals surface area (Å²) < 4.78 is 5.42. The van der Waals surface area contributed by atoms with E-state index in [-0.39, 0.29) is 18.1 Å². The second kappa shape index (κ2) is 5.75. The molecule has 0 radical (unpaired) electrons. The summed E-state index contributed by atoms with van der Waals surface area (Å²) in [6, 6.07) is 7.59. The third kappa shape index (κ3) is 2.95. The van der Waals surface area contributed by atoms with E-state index in [1.54, 1.807) is 0 Å². The highest BCUT2D eigenvalue weighted by Crippen LogP contribution is 2.26. The lowest BCUT2D eigenvalue weighted by atomic mass is 9.96. The van der Waals surface area contributed by atoms with Crippen molar-refractivity contribution >= 4 is 11.6 Å². The average molecular weight is 290 g/mol. The minimum absolute atomic E-state index is 0.0323. The van der Waals surface area contributed by atoms with Crippen LogP contribution in [0.4, 0.5) is 5.69 Å². The summed E-state index contributed by atoms with van der Waals surface area (Å²) in [4.78, 5) is 12.3. The fourth-order valence-corrected chi connectivity index (χ4v) is 3.01. The number of fused-ring (bicyclic) bond motifs is 1. The minimum Gasteiger partial charge on any atom is -0.386 e. The quantitative estimate of drug-likeness (QED) is 0.779. The van der Waals surface area contributed by atoms with Crippen LogP contribution in [0.3, 0.4) is 0 Å². The van der Waals surface area contributed by atoms with Crippen molar-refractivity contribution in [2.24, 2.45) is 0 Å². The number of carbonyl (C=O) groups excluding carboxylic acids is 1. The molecular formula is C16H22N2O3. The van der Waals surface area contributed by atoms with E-state index < -0.39 is 5.60 Å². The van der Waals surface area contributed by atoms with E-state index >= 15 is 0 Å². The molecule has 3 N–H and O–H groups in total. The summed E-state index contributed by atoms with van der Waals surface area (Å²) >= 11 is 0. The van der Waals surface area contributed by atoms with Gasteiger partial charge in [0.25, 0.3) is 0 Å². The van der Waals surface area contributed by atoms with Crippen LogP contribution in [-0.2, 0) is 16.0 Å². The number of carbonyl (C=O) groups is 1. The summed E-state index contributed by atoms with van der Waals surface area (Å²) in [5, 5.41) is 16.7. The lowest BCUT2D eigenvalue weighted by molar-refractivity contribution is -0.118. The summed E-state index contributed by atoms with van der Waals surface area (Å²) in [5.41, 5.74) is 1.17. The van der Waals surface area contributed by atoms with Gasteiger partial charge in [-0.2, -0.15) is 0 Å². The largest absolute Gasteiger partial charge is 0.386 e. The first kappa shape index (κ1) is 14.5. The highest BCUT2D eigenvalue weighted by Gasteiger charge is 2.40. The summed E-state index contributed by atoms with van der Waals surface area (Å²) in [7, 11) is 0. The highest BCUT2D eigenvalue weighted by molar-refractivity contribution is 5.96. The van der Waals surface area contributed by atoms with Crippen LogP contribution in [-0.4, -0.2) is 41.9 Å². The minimum atomic E-state index is -0.876. The van der Waals surface area contributed by atoms with Crippen molar-refractivity contribution in [2.45, 2.75) is 43.9 Å². The molecule has 3 unspecified atom stereocenters. The standard InChI is InChI=1S/C16H22N2O3/c1-11-16(20,8-9-21-11)10-17-14-7-6-12-4-2-3-5-13(12)18-15(14)19/h2-5,11,14,17,20H,6-10H2,1H3,(H,18,19). The number of rotatable bonds is 3. The molecule has 0 spiro atoms. The van der Waals surface area contributed by atoms with Crippen LogP contribution in [0.5, 0.6) is 0 Å². The number of hydrogen-bond acceptors (Lipinski definition) is 4. The summed E-state index contributed by atoms with van der Waals surface area (Å²) in [6.07, 6.45) is 1.98. The van der Waals surface area contributed by atoms with Crippen LogP contribution in [0, 0.1) is 0 Å². The molecule has 0 bridgehead atoms. The topological polar surface area (TPSA) is 70.6 Å². The van der Waals surface area contributed by atoms with Gasteiger partial charge in [0.2, 0.25) is 5.91 Å². The molecule has 1 aromatic carbocycles. The van der Waals surface area contributed by atoms with Crippen LogP contribution < -0.4 is 10.6 Å². The predicted molar refractivity (Wildman–Crippen MR) is 80.2 cm³/mol. The molecule has 114 valence electrons. The number of para-hydroxylation sites is 1. The second-order valence-electron chi connectivity index (χ2n) is 5.99. The first-order valence-electron chi connectivity index (χ1n) is 7.55. The maximum atomic E-state index is 12.3. The molecule has 0 aliphatic carbocycles. The third-order valence-corrected chi connectivity index (χ3v) is 4.61. The van der Waals surface area contributed by atoms with Gasteiger partial charge in [-0.3, -0.25) is 4.79 Å². The Hall–Kier alpha value is -1.43. The van der Waals surface area contributed by atoms with Gasteiger partial charge in [0.05, 0.1) is 12.1 Å². The lowest BCUT2D eigenvalue weighted by Crippen LogP contribution is -2.51. The summed E-state index contributed by atoms with van der Waals surface area (Å²) in [6.45, 7) is 2.82. The Morgan fingerprint density at radius 3 is 3.05 bits per heavy atom. The van der Waals surface area contributed by atoms with Gasteiger partial charge in [0.1, 0.15) is 5.60 Å². The van der Waals surface area contributed by atoms with E-state index in [9.17, 15) is 9.90 Å². The number of ether oxygens (including phenoxy) is 1. The Morgan fingerprint density at radius 2 is 2.29 bits per heavy atom. The van der Waals surface area contributed by atoms with E-state index in [4.69, 9.17) is 4.74 Å². The number of hydrogen-bond donors (Lipinski definition) is 3. The zero-order valence-electron chi connectivity index (χ0n) is 12.3. The smallest absolute Gasteiger partial charge is 0.241 e. The monoisotopic (exact) mass is 290 g/mol. The number of benzene rings is 1. The van der Waals surface area contributed by atoms with E-state index in [2.05, 4.69) is 10.6 Å². The van der Waals surface area contributed by atoms with Crippen molar-refractivity contribution < 1.29 is 14.6 Å². The SMILES string of the molecule is CC1OCCC1(O)CNC1CCc2ccccc2NC1=O. The number of aliphatic hydroxyl groups is 1. The van der Waals surface area contributed by atoms with Gasteiger partial charge in [-0.05, 0) is 31.4 Å². The van der Waals surface area contributed by atoms with Crippen molar-refractivity contribution in [3.8, 4) is 0 Å². The fraction of sp³-hybridized carbons (Fsp3) is 0.562. The molecule has 3 rings (SSSR count). The van der Waals surface area contributed by atoms with Crippen LogP contribution in [0.1, 0.15) is 25.3 Å². The van der Waals surface area contributed by atoms with Gasteiger partial charge in [-0.25, -0.2) is 0 Å². The first-order chi connectivity index (χ1) is 10.1. The Labute approximate surface area is 124 Å². The second-order valence-corrected chi connectivity index (χ2v) is 5.99. The van der Waals surface area contributed by atoms with Crippen molar-refractivity contribution in [3.63, 3.8) is 0 Å². The molecular weight excluding hydrogens is 268 g/mol. The maximum absolute atomic E-state index is 12.3. The van der Waals surface area contributed by atoms with Crippen molar-refractivity contribution in [1.82, 2.24) is 5.32 Å². The van der Waals surface area contributed by atoms with Crippen LogP contribution in [0.2, 0.25) is 0 Å². The summed E-state index contributed by atoms with van der Waals surface area (Å²) in [5.74, 6) is -0.0323. The molecule has 1 saturated heterocycles. The van der Waals surface area contributed by atoms with Crippen molar-refractivity contribution in [1.29, 1.82) is 0 Å². The van der Waals surface area contributed by atoms with Gasteiger partial charge in [-0.1, -0.05) is 18.2 Å². The molecule has 0 saturated carbocycles. The normalized spacial score (nSPS) is 32.4. The van der Waals surface area contributed by atoms with Gasteiger partial charge in [0, 0.05) is 25.3 Å². The maximum Gasteiger partial charge on any atom is 0.241 e. The molecule has 5 heteroatoms. The third-order valence-electron chi connectivity index (χ3n) is 4.61. The Bertz CT molecular complexity index is 534. The molecule has 2 aliphatic rings. The number of amides is 1. The van der Waals surface area contributed by atoms with E-state index in [0.29, 0.717) is 19.6 Å². The fourth-order valence-electron chi connectivity index (χ4n) is 3.01. The van der Waals surface area contributed by atoms with E-state index in [0.717, 1.165) is 24.1 Å². The van der Waals surface area contributed by atoms with Gasteiger partial charge < -0.3 is 20.5 Å². The zero-order chi connectivity index (χ0) is 14.9. The molecule has 1 amide bonds. The average Bonchev–Trinajstić information content (AvgIpc) is 2.71. The van der Waals surface area contributed by atoms with Gasteiger partial charge in [-0.15, -0.1) is 0 Å². The van der Waals surface area contributed by atoms with E-state index in [1.165, 1.54) is 0 Å². The highest BCUT2D eigenvalue weighted by atomic mass is 16.5. The molecule has 2 aliphatic heterocycles. The van der Waals surface area contributed by atoms with Crippen molar-refractivity contribution in [3.05, 3.63) is 29.8 Å². The Balaban J connectivity index is 1.64. The molecule has 3 atom stereocenters. The molecule has 1 aromatic rings. The van der Waals surface area contributed by atoms with Crippen LogP contribution in [0.25, 0.3) is 0 Å². The van der Waals surface area contributed by atoms with Crippen LogP contribution in [0.15, 0.2) is 24.3 Å². The number of aryl methyl sites for hydroxylation is 1. The van der Waals surface area contributed by atoms with Gasteiger partial charge in [0.15, 0.2) is 0 Å². The van der Waals surface area contributed by atoms with Gasteiger partial charge >= 0.3 is 0 Å². The Morgan fingerprint density at radius 1 is 1.48 bits per heavy atom. The lowest BCUT2D eigenvalue weighted by Gasteiger charge is -2.28. The number of nitrogens with one attached hydrogen (secondary N) is 2. The van der Waals surface area contributed by atoms with E-state index in [1.807, 2.05) is 31.2 Å². The molecule has 21 heavy (non-hydrogen) atoms. The Kier molecular flexibility index (Phi) is 3.97.